The zero-order chi connectivity index (χ0) is 14.1. The predicted octanol–water partition coefficient (Wildman–Crippen LogP) is 4.04. The van der Waals surface area contributed by atoms with E-state index in [4.69, 9.17) is 21.1 Å². The van der Waals surface area contributed by atoms with Gasteiger partial charge in [0.25, 0.3) is 5.91 Å². The summed E-state index contributed by atoms with van der Waals surface area (Å²) in [6.07, 6.45) is 3.26. The highest BCUT2D eigenvalue weighted by molar-refractivity contribution is 9.10. The van der Waals surface area contributed by atoms with E-state index in [2.05, 4.69) is 15.9 Å². The zero-order valence-corrected chi connectivity index (χ0v) is 13.3. The summed E-state index contributed by atoms with van der Waals surface area (Å²) in [5.74, 6) is 1.17. The summed E-state index contributed by atoms with van der Waals surface area (Å²) in [5, 5.41) is 0. The lowest BCUT2D eigenvalue weighted by atomic mass is 10.3. The number of amides is 1. The highest BCUT2D eigenvalue weighted by atomic mass is 79.9. The van der Waals surface area contributed by atoms with Gasteiger partial charge in [0.1, 0.15) is 15.8 Å². The minimum atomic E-state index is -0.135. The van der Waals surface area contributed by atoms with Crippen molar-refractivity contribution in [2.24, 2.45) is 0 Å². The molecule has 0 aliphatic carbocycles. The first-order valence-corrected chi connectivity index (χ1v) is 7.68. The van der Waals surface area contributed by atoms with Gasteiger partial charge in [-0.2, -0.15) is 0 Å². The largest absolute Gasteiger partial charge is 0.467 e. The normalized spacial score (nSPS) is 17.4. The molecule has 0 radical (unpaired) electrons. The van der Waals surface area contributed by atoms with Crippen molar-refractivity contribution in [3.8, 4) is 0 Å². The third-order valence-corrected chi connectivity index (χ3v) is 4.44. The summed E-state index contributed by atoms with van der Waals surface area (Å²) < 4.78 is 11.7. The number of rotatable bonds is 3. The Morgan fingerprint density at radius 2 is 2.25 bits per heavy atom. The van der Waals surface area contributed by atoms with Crippen LogP contribution >= 0.6 is 39.9 Å². The number of carbonyl (C=O) groups is 1. The molecule has 2 aromatic heterocycles. The van der Waals surface area contributed by atoms with E-state index in [0.29, 0.717) is 32.0 Å². The first kappa shape index (κ1) is 13.7. The molecule has 1 aliphatic heterocycles. The third kappa shape index (κ3) is 2.74. The van der Waals surface area contributed by atoms with E-state index in [1.807, 2.05) is 6.07 Å². The van der Waals surface area contributed by atoms with Crippen LogP contribution in [0.15, 0.2) is 48.9 Å². The second kappa shape index (κ2) is 5.59. The maximum atomic E-state index is 12.3. The number of hydrogen-bond donors (Lipinski definition) is 0. The van der Waals surface area contributed by atoms with Crippen molar-refractivity contribution in [1.29, 1.82) is 0 Å². The summed E-state index contributed by atoms with van der Waals surface area (Å²) in [5.41, 5.74) is 0. The number of thioether (sulfide) groups is 1. The molecule has 7 heteroatoms. The molecule has 0 unspecified atom stereocenters. The molecule has 0 atom stereocenters. The summed E-state index contributed by atoms with van der Waals surface area (Å²) in [7, 11) is 0. The molecule has 0 saturated carbocycles. The van der Waals surface area contributed by atoms with Crippen molar-refractivity contribution in [3.63, 3.8) is 0 Å². The maximum Gasteiger partial charge on any atom is 0.266 e. The number of thiocarbonyl (C=S) groups is 1. The van der Waals surface area contributed by atoms with Crippen molar-refractivity contribution in [3.05, 3.63) is 51.6 Å². The van der Waals surface area contributed by atoms with Crippen molar-refractivity contribution in [2.45, 2.75) is 6.54 Å². The molecule has 3 heterocycles. The van der Waals surface area contributed by atoms with Gasteiger partial charge < -0.3 is 8.83 Å². The fourth-order valence-corrected chi connectivity index (χ4v) is 3.28. The summed E-state index contributed by atoms with van der Waals surface area (Å²) in [4.78, 5) is 14.4. The smallest absolute Gasteiger partial charge is 0.266 e. The van der Waals surface area contributed by atoms with Crippen molar-refractivity contribution in [2.75, 3.05) is 0 Å². The Morgan fingerprint density at radius 3 is 2.90 bits per heavy atom. The van der Waals surface area contributed by atoms with Crippen LogP contribution in [0.4, 0.5) is 0 Å². The van der Waals surface area contributed by atoms with Crippen LogP contribution in [0, 0.1) is 0 Å². The van der Waals surface area contributed by atoms with Crippen molar-refractivity contribution < 1.29 is 13.6 Å². The molecule has 0 bridgehead atoms. The molecule has 0 N–H and O–H groups in total. The van der Waals surface area contributed by atoms with Crippen LogP contribution in [0.3, 0.4) is 0 Å². The van der Waals surface area contributed by atoms with Gasteiger partial charge in [-0.05, 0) is 40.2 Å². The van der Waals surface area contributed by atoms with E-state index in [-0.39, 0.29) is 5.91 Å². The van der Waals surface area contributed by atoms with Gasteiger partial charge in [-0.25, -0.2) is 0 Å². The lowest BCUT2D eigenvalue weighted by Crippen LogP contribution is -2.27. The Labute approximate surface area is 132 Å². The minimum Gasteiger partial charge on any atom is -0.467 e. The Bertz CT molecular complexity index is 690. The Hall–Kier alpha value is -1.31. The van der Waals surface area contributed by atoms with Crippen LogP contribution in [0.1, 0.15) is 11.5 Å². The van der Waals surface area contributed by atoms with E-state index < -0.39 is 0 Å². The van der Waals surface area contributed by atoms with Gasteiger partial charge in [-0.1, -0.05) is 24.0 Å². The Balaban J connectivity index is 1.81. The van der Waals surface area contributed by atoms with Gasteiger partial charge in [0.15, 0.2) is 4.67 Å². The maximum absolute atomic E-state index is 12.3. The zero-order valence-electron chi connectivity index (χ0n) is 10.0. The first-order chi connectivity index (χ1) is 9.63. The molecule has 1 saturated heterocycles. The molecular weight excluding hydrogens is 362 g/mol. The molecular formula is C13H8BrNO3S2. The highest BCUT2D eigenvalue weighted by Crippen LogP contribution is 2.34. The topological polar surface area (TPSA) is 46.6 Å². The van der Waals surface area contributed by atoms with E-state index in [1.165, 1.54) is 16.7 Å². The molecule has 2 aromatic rings. The summed E-state index contributed by atoms with van der Waals surface area (Å²) in [6, 6.07) is 7.15. The average molecular weight is 370 g/mol. The fourth-order valence-electron chi connectivity index (χ4n) is 1.73. The number of nitrogens with zero attached hydrogens (tertiary/aromatic N) is 1. The second-order valence-corrected chi connectivity index (χ2v) is 6.45. The number of hydrogen-bond acceptors (Lipinski definition) is 5. The first-order valence-electron chi connectivity index (χ1n) is 5.66. The summed E-state index contributed by atoms with van der Waals surface area (Å²) in [6.45, 7) is 0.344. The predicted molar refractivity (Wildman–Crippen MR) is 83.8 cm³/mol. The molecule has 20 heavy (non-hydrogen) atoms. The molecule has 1 fully saturated rings. The van der Waals surface area contributed by atoms with Gasteiger partial charge in [-0.15, -0.1) is 0 Å². The lowest BCUT2D eigenvalue weighted by Gasteiger charge is -2.11. The van der Waals surface area contributed by atoms with Gasteiger partial charge in [-0.3, -0.25) is 9.69 Å². The van der Waals surface area contributed by atoms with Gasteiger partial charge >= 0.3 is 0 Å². The third-order valence-electron chi connectivity index (χ3n) is 2.63. The molecule has 3 rings (SSSR count). The van der Waals surface area contributed by atoms with E-state index >= 15 is 0 Å². The highest BCUT2D eigenvalue weighted by Gasteiger charge is 2.32. The van der Waals surface area contributed by atoms with Crippen LogP contribution in [-0.4, -0.2) is 15.1 Å². The minimum absolute atomic E-state index is 0.135. The van der Waals surface area contributed by atoms with Crippen LogP contribution in [0.2, 0.25) is 0 Å². The quantitative estimate of drug-likeness (QED) is 0.603. The molecule has 0 spiro atoms. The average Bonchev–Trinajstić information content (AvgIpc) is 3.10. The summed E-state index contributed by atoms with van der Waals surface area (Å²) >= 11 is 9.72. The molecule has 102 valence electrons. The SMILES string of the molecule is O=C1C(=Cc2ccc(Br)o2)SC(=S)N1Cc1ccco1. The molecule has 4 nitrogen and oxygen atoms in total. The lowest BCUT2D eigenvalue weighted by molar-refractivity contribution is -0.122. The Morgan fingerprint density at radius 1 is 1.40 bits per heavy atom. The monoisotopic (exact) mass is 369 g/mol. The second-order valence-electron chi connectivity index (χ2n) is 3.99. The van der Waals surface area contributed by atoms with Crippen LogP contribution < -0.4 is 0 Å². The van der Waals surface area contributed by atoms with E-state index in [1.54, 1.807) is 30.5 Å². The van der Waals surface area contributed by atoms with E-state index in [0.717, 1.165) is 0 Å². The van der Waals surface area contributed by atoms with Crippen LogP contribution in [0.5, 0.6) is 0 Å². The van der Waals surface area contributed by atoms with Crippen LogP contribution in [0.25, 0.3) is 6.08 Å². The molecule has 0 aromatic carbocycles. The number of furan rings is 2. The Kier molecular flexibility index (Phi) is 3.82. The molecule has 1 amide bonds. The standard InChI is InChI=1S/C13H8BrNO3S2/c14-11-4-3-8(18-11)6-10-12(16)15(13(19)20-10)7-9-2-1-5-17-9/h1-6H,7H2. The number of halogens is 1. The van der Waals surface area contributed by atoms with Crippen LogP contribution in [-0.2, 0) is 11.3 Å². The van der Waals surface area contributed by atoms with Crippen molar-refractivity contribution in [1.82, 2.24) is 4.90 Å². The fraction of sp³-hybridized carbons (Fsp3) is 0.0769. The van der Waals surface area contributed by atoms with Crippen molar-refractivity contribution >= 4 is 56.2 Å². The van der Waals surface area contributed by atoms with E-state index in [9.17, 15) is 4.79 Å². The van der Waals surface area contributed by atoms with Gasteiger partial charge in [0, 0.05) is 6.08 Å². The van der Waals surface area contributed by atoms with Gasteiger partial charge in [0.05, 0.1) is 17.7 Å². The van der Waals surface area contributed by atoms with Gasteiger partial charge in [0.2, 0.25) is 0 Å². The molecule has 1 aliphatic rings. The number of carbonyl (C=O) groups excluding carboxylic acids is 1.